The van der Waals surface area contributed by atoms with Gasteiger partial charge in [-0.15, -0.1) is 11.3 Å². The lowest BCUT2D eigenvalue weighted by atomic mass is 9.88. The van der Waals surface area contributed by atoms with Crippen LogP contribution in [0.25, 0.3) is 0 Å². The minimum absolute atomic E-state index is 0.0834. The number of carbonyl (C=O) groups excluding carboxylic acids is 1. The lowest BCUT2D eigenvalue weighted by molar-refractivity contribution is -0.123. The zero-order valence-electron chi connectivity index (χ0n) is 10.8. The van der Waals surface area contributed by atoms with Gasteiger partial charge in [-0.1, -0.05) is 19.9 Å². The van der Waals surface area contributed by atoms with Gasteiger partial charge in [-0.25, -0.2) is 0 Å². The van der Waals surface area contributed by atoms with Gasteiger partial charge in [0.15, 0.2) is 0 Å². The Labute approximate surface area is 107 Å². The summed E-state index contributed by atoms with van der Waals surface area (Å²) >= 11 is 1.69. The van der Waals surface area contributed by atoms with Crippen LogP contribution >= 0.6 is 11.3 Å². The summed E-state index contributed by atoms with van der Waals surface area (Å²) in [7, 11) is 0. The molecule has 1 unspecified atom stereocenters. The van der Waals surface area contributed by atoms with Gasteiger partial charge in [0.1, 0.15) is 0 Å². The summed E-state index contributed by atoms with van der Waals surface area (Å²) in [5.41, 5.74) is 5.44. The molecule has 1 rings (SSSR count). The minimum atomic E-state index is -0.299. The quantitative estimate of drug-likeness (QED) is 0.817. The summed E-state index contributed by atoms with van der Waals surface area (Å²) in [6.45, 7) is 6.62. The summed E-state index contributed by atoms with van der Waals surface area (Å²) in [6.07, 6.45) is 1.34. The Balaban J connectivity index is 2.43. The Morgan fingerprint density at radius 1 is 1.59 bits per heavy atom. The number of hydrogen-bond donors (Lipinski definition) is 2. The Hall–Kier alpha value is -0.870. The molecule has 0 radical (unpaired) electrons. The van der Waals surface area contributed by atoms with E-state index in [1.54, 1.807) is 11.3 Å². The van der Waals surface area contributed by atoms with Crippen molar-refractivity contribution in [2.75, 3.05) is 6.54 Å². The molecule has 0 aliphatic rings. The molecule has 1 aromatic rings. The fourth-order valence-corrected chi connectivity index (χ4v) is 2.21. The van der Waals surface area contributed by atoms with Gasteiger partial charge < -0.3 is 11.1 Å². The van der Waals surface area contributed by atoms with Crippen LogP contribution in [0.1, 0.15) is 32.1 Å². The number of nitrogens with two attached hydrogens (primary N) is 1. The van der Waals surface area contributed by atoms with Gasteiger partial charge in [0.25, 0.3) is 0 Å². The predicted molar refractivity (Wildman–Crippen MR) is 73.1 cm³/mol. The predicted octanol–water partition coefficient (Wildman–Crippen LogP) is 2.17. The van der Waals surface area contributed by atoms with E-state index in [1.807, 2.05) is 18.4 Å². The van der Waals surface area contributed by atoms with Gasteiger partial charge >= 0.3 is 0 Å². The van der Waals surface area contributed by atoms with Crippen molar-refractivity contribution < 1.29 is 4.79 Å². The van der Waals surface area contributed by atoms with E-state index in [-0.39, 0.29) is 11.4 Å². The van der Waals surface area contributed by atoms with Crippen molar-refractivity contribution in [1.29, 1.82) is 0 Å². The molecular formula is C13H22N2OS. The van der Waals surface area contributed by atoms with E-state index in [2.05, 4.69) is 25.2 Å². The summed E-state index contributed by atoms with van der Waals surface area (Å²) in [5.74, 6) is 0.415. The van der Waals surface area contributed by atoms with Crippen molar-refractivity contribution >= 4 is 17.2 Å². The van der Waals surface area contributed by atoms with Crippen molar-refractivity contribution in [3.63, 3.8) is 0 Å². The third-order valence-electron chi connectivity index (χ3n) is 3.30. The molecular weight excluding hydrogens is 232 g/mol. The van der Waals surface area contributed by atoms with Crippen LogP contribution in [0.15, 0.2) is 17.5 Å². The number of thiophene rings is 1. The SMILES string of the molecule is CC(C)C(C)(CN)NC(=O)CCc1cccs1. The summed E-state index contributed by atoms with van der Waals surface area (Å²) in [6, 6.07) is 4.07. The van der Waals surface area contributed by atoms with Crippen molar-refractivity contribution in [3.8, 4) is 0 Å². The molecule has 0 aliphatic heterocycles. The third-order valence-corrected chi connectivity index (χ3v) is 4.24. The molecule has 17 heavy (non-hydrogen) atoms. The molecule has 0 aromatic carbocycles. The Kier molecular flexibility index (Phi) is 5.15. The summed E-state index contributed by atoms with van der Waals surface area (Å²) in [5, 5.41) is 5.08. The Bertz CT molecular complexity index is 348. The van der Waals surface area contributed by atoms with Gasteiger partial charge in [-0.3, -0.25) is 4.79 Å². The van der Waals surface area contributed by atoms with Crippen LogP contribution in [0.2, 0.25) is 0 Å². The zero-order chi connectivity index (χ0) is 12.9. The van der Waals surface area contributed by atoms with Crippen molar-refractivity contribution in [2.45, 2.75) is 39.2 Å². The second kappa shape index (κ2) is 6.17. The lowest BCUT2D eigenvalue weighted by Crippen LogP contribution is -2.55. The molecule has 1 aromatic heterocycles. The molecule has 3 nitrogen and oxygen atoms in total. The first kappa shape index (κ1) is 14.2. The van der Waals surface area contributed by atoms with Crippen LogP contribution in [0.3, 0.4) is 0 Å². The van der Waals surface area contributed by atoms with Gasteiger partial charge in [0.2, 0.25) is 5.91 Å². The number of aryl methyl sites for hydroxylation is 1. The molecule has 96 valence electrons. The highest BCUT2D eigenvalue weighted by Gasteiger charge is 2.28. The number of nitrogens with one attached hydrogen (secondary N) is 1. The summed E-state index contributed by atoms with van der Waals surface area (Å²) < 4.78 is 0. The maximum absolute atomic E-state index is 11.9. The van der Waals surface area contributed by atoms with E-state index in [0.717, 1.165) is 6.42 Å². The lowest BCUT2D eigenvalue weighted by Gasteiger charge is -2.33. The zero-order valence-corrected chi connectivity index (χ0v) is 11.6. The van der Waals surface area contributed by atoms with Gasteiger partial charge in [0, 0.05) is 17.8 Å². The average molecular weight is 254 g/mol. The van der Waals surface area contributed by atoms with E-state index >= 15 is 0 Å². The number of rotatable bonds is 6. The van der Waals surface area contributed by atoms with Crippen LogP contribution in [0, 0.1) is 5.92 Å². The number of amides is 1. The van der Waals surface area contributed by atoms with Gasteiger partial charge in [-0.2, -0.15) is 0 Å². The molecule has 0 saturated carbocycles. The fraction of sp³-hybridized carbons (Fsp3) is 0.615. The van der Waals surface area contributed by atoms with Crippen LogP contribution in [0.4, 0.5) is 0 Å². The van der Waals surface area contributed by atoms with Crippen molar-refractivity contribution in [2.24, 2.45) is 11.7 Å². The fourth-order valence-electron chi connectivity index (χ4n) is 1.50. The smallest absolute Gasteiger partial charge is 0.220 e. The highest BCUT2D eigenvalue weighted by Crippen LogP contribution is 2.16. The minimum Gasteiger partial charge on any atom is -0.349 e. The standard InChI is InChI=1S/C13H22N2OS/c1-10(2)13(3,9-14)15-12(16)7-6-11-5-4-8-17-11/h4-5,8,10H,6-7,9,14H2,1-3H3,(H,15,16). The number of hydrogen-bond acceptors (Lipinski definition) is 3. The second-order valence-corrected chi connectivity index (χ2v) is 5.94. The van der Waals surface area contributed by atoms with E-state index in [9.17, 15) is 4.79 Å². The monoisotopic (exact) mass is 254 g/mol. The summed E-state index contributed by atoms with van der Waals surface area (Å²) in [4.78, 5) is 13.1. The largest absolute Gasteiger partial charge is 0.349 e. The maximum Gasteiger partial charge on any atom is 0.220 e. The second-order valence-electron chi connectivity index (χ2n) is 4.90. The average Bonchev–Trinajstić information content (AvgIpc) is 2.78. The van der Waals surface area contributed by atoms with Crippen LogP contribution < -0.4 is 11.1 Å². The molecule has 0 saturated heterocycles. The molecule has 3 N–H and O–H groups in total. The van der Waals surface area contributed by atoms with E-state index in [1.165, 1.54) is 4.88 Å². The Morgan fingerprint density at radius 3 is 2.76 bits per heavy atom. The molecule has 0 aliphatic carbocycles. The third kappa shape index (κ3) is 4.13. The molecule has 0 fully saturated rings. The highest BCUT2D eigenvalue weighted by atomic mass is 32.1. The van der Waals surface area contributed by atoms with Crippen LogP contribution in [-0.4, -0.2) is 18.0 Å². The number of carbonyl (C=O) groups is 1. The first-order valence-electron chi connectivity index (χ1n) is 6.01. The highest BCUT2D eigenvalue weighted by molar-refractivity contribution is 7.09. The van der Waals surface area contributed by atoms with E-state index in [4.69, 9.17) is 5.73 Å². The van der Waals surface area contributed by atoms with Crippen molar-refractivity contribution in [1.82, 2.24) is 5.32 Å². The molecule has 1 amide bonds. The molecule has 1 heterocycles. The van der Waals surface area contributed by atoms with Gasteiger partial charge in [-0.05, 0) is 30.7 Å². The maximum atomic E-state index is 11.9. The molecule has 0 spiro atoms. The molecule has 4 heteroatoms. The first-order valence-corrected chi connectivity index (χ1v) is 6.89. The topological polar surface area (TPSA) is 55.1 Å². The van der Waals surface area contributed by atoms with Crippen LogP contribution in [0.5, 0.6) is 0 Å². The van der Waals surface area contributed by atoms with Crippen molar-refractivity contribution in [3.05, 3.63) is 22.4 Å². The normalized spacial score (nSPS) is 14.6. The van der Waals surface area contributed by atoms with Crippen LogP contribution in [-0.2, 0) is 11.2 Å². The Morgan fingerprint density at radius 2 is 2.29 bits per heavy atom. The molecule has 0 bridgehead atoms. The van der Waals surface area contributed by atoms with Gasteiger partial charge in [0.05, 0.1) is 5.54 Å². The first-order chi connectivity index (χ1) is 7.98. The van der Waals surface area contributed by atoms with E-state index in [0.29, 0.717) is 18.9 Å². The molecule has 1 atom stereocenters. The van der Waals surface area contributed by atoms with E-state index < -0.39 is 0 Å².